The van der Waals surface area contributed by atoms with E-state index in [-0.39, 0.29) is 5.15 Å². The van der Waals surface area contributed by atoms with Crippen molar-refractivity contribution in [1.82, 2.24) is 29.9 Å². The van der Waals surface area contributed by atoms with E-state index in [0.717, 1.165) is 39.0 Å². The Morgan fingerprint density at radius 3 is 2.47 bits per heavy atom. The molecular weight excluding hydrogens is 448 g/mol. The molecule has 0 saturated heterocycles. The molecule has 6 rings (SSSR count). The smallest absolute Gasteiger partial charge is 0.184 e. The van der Waals surface area contributed by atoms with Gasteiger partial charge in [-0.1, -0.05) is 77.5 Å². The first-order valence-electron chi connectivity index (χ1n) is 10.8. The molecule has 1 N–H and O–H groups in total. The second-order valence-corrected chi connectivity index (χ2v) is 8.25. The number of benzene rings is 3. The van der Waals surface area contributed by atoms with Gasteiger partial charge in [0.25, 0.3) is 0 Å². The molecule has 0 radical (unpaired) electrons. The summed E-state index contributed by atoms with van der Waals surface area (Å²) in [7, 11) is 1.66. The third kappa shape index (κ3) is 3.47. The molecule has 0 amide bonds. The number of hydrogen-bond donors (Lipinski definition) is 1. The Morgan fingerprint density at radius 2 is 1.71 bits per heavy atom. The van der Waals surface area contributed by atoms with Crippen molar-refractivity contribution in [3.63, 3.8) is 0 Å². The summed E-state index contributed by atoms with van der Waals surface area (Å²) in [4.78, 5) is 13.0. The van der Waals surface area contributed by atoms with Gasteiger partial charge < -0.3 is 9.72 Å². The number of hydrogen-bond acceptors (Lipinski definition) is 5. The maximum atomic E-state index is 6.57. The number of ether oxygens (including phenoxy) is 1. The van der Waals surface area contributed by atoms with Crippen LogP contribution in [0.25, 0.3) is 44.7 Å². The molecule has 166 valence electrons. The van der Waals surface area contributed by atoms with E-state index in [9.17, 15) is 0 Å². The molecule has 0 bridgehead atoms. The zero-order valence-electron chi connectivity index (χ0n) is 18.2. The molecule has 0 spiro atoms. The van der Waals surface area contributed by atoms with Crippen molar-refractivity contribution in [2.24, 2.45) is 0 Å². The fourth-order valence-electron chi connectivity index (χ4n) is 4.17. The van der Waals surface area contributed by atoms with Crippen molar-refractivity contribution in [3.8, 4) is 28.4 Å². The van der Waals surface area contributed by atoms with Crippen LogP contribution in [0.3, 0.4) is 0 Å². The lowest BCUT2D eigenvalue weighted by molar-refractivity contribution is 0.415. The molecule has 6 aromatic rings. The van der Waals surface area contributed by atoms with Crippen molar-refractivity contribution < 1.29 is 4.74 Å². The molecule has 7 nitrogen and oxygen atoms in total. The summed E-state index contributed by atoms with van der Waals surface area (Å²) in [5.74, 6) is 1.25. The Balaban J connectivity index is 1.57. The highest BCUT2D eigenvalue weighted by molar-refractivity contribution is 6.33. The lowest BCUT2D eigenvalue weighted by Gasteiger charge is -2.07. The SMILES string of the molecule is COc1ccc2[nH]c(-c3nc(Cl)c4nnn(Cc5ccccc5)c4n3)c(-c3ccccc3)c2c1. The first kappa shape index (κ1) is 20.4. The van der Waals surface area contributed by atoms with Crippen molar-refractivity contribution in [2.45, 2.75) is 6.54 Å². The van der Waals surface area contributed by atoms with E-state index >= 15 is 0 Å². The average molecular weight is 467 g/mol. The topological polar surface area (TPSA) is 81.5 Å². The van der Waals surface area contributed by atoms with Crippen molar-refractivity contribution in [1.29, 1.82) is 0 Å². The number of fused-ring (bicyclic) bond motifs is 2. The fourth-order valence-corrected chi connectivity index (χ4v) is 4.37. The van der Waals surface area contributed by atoms with Crippen LogP contribution in [-0.4, -0.2) is 37.1 Å². The van der Waals surface area contributed by atoms with E-state index in [1.54, 1.807) is 11.8 Å². The number of aromatic nitrogens is 6. The number of nitrogens with zero attached hydrogens (tertiary/aromatic N) is 5. The Hall–Kier alpha value is -4.23. The van der Waals surface area contributed by atoms with Crippen molar-refractivity contribution in [2.75, 3.05) is 7.11 Å². The Morgan fingerprint density at radius 1 is 0.941 bits per heavy atom. The summed E-state index contributed by atoms with van der Waals surface area (Å²) >= 11 is 6.57. The fraction of sp³-hybridized carbons (Fsp3) is 0.0769. The van der Waals surface area contributed by atoms with Crippen LogP contribution in [0.4, 0.5) is 0 Å². The standard InChI is InChI=1S/C26H19ClN6O/c1-34-18-12-13-20-19(14-18)21(17-10-6-3-7-11-17)22(28-20)25-29-24(27)23-26(30-25)33(32-31-23)15-16-8-4-2-5-9-16/h2-14,28H,15H2,1H3. The summed E-state index contributed by atoms with van der Waals surface area (Å²) in [5, 5.41) is 9.78. The predicted molar refractivity (Wildman–Crippen MR) is 133 cm³/mol. The van der Waals surface area contributed by atoms with E-state index in [2.05, 4.69) is 32.4 Å². The number of nitrogens with one attached hydrogen (secondary N) is 1. The first-order chi connectivity index (χ1) is 16.7. The molecule has 0 aliphatic carbocycles. The average Bonchev–Trinajstić information content (AvgIpc) is 3.46. The highest BCUT2D eigenvalue weighted by Gasteiger charge is 2.21. The summed E-state index contributed by atoms with van der Waals surface area (Å²) in [6.07, 6.45) is 0. The van der Waals surface area contributed by atoms with Crippen molar-refractivity contribution in [3.05, 3.63) is 89.6 Å². The second-order valence-electron chi connectivity index (χ2n) is 7.90. The van der Waals surface area contributed by atoms with E-state index in [1.807, 2.05) is 66.7 Å². The van der Waals surface area contributed by atoms with Gasteiger partial charge in [-0.15, -0.1) is 5.10 Å². The minimum atomic E-state index is 0.259. The van der Waals surface area contributed by atoms with Gasteiger partial charge in [-0.3, -0.25) is 0 Å². The van der Waals surface area contributed by atoms with Crippen LogP contribution in [0.5, 0.6) is 5.75 Å². The maximum Gasteiger partial charge on any atom is 0.184 e. The lowest BCUT2D eigenvalue weighted by atomic mass is 10.0. The number of rotatable bonds is 5. The maximum absolute atomic E-state index is 6.57. The second kappa shape index (κ2) is 8.28. The van der Waals surface area contributed by atoms with Crippen LogP contribution < -0.4 is 4.74 Å². The van der Waals surface area contributed by atoms with Gasteiger partial charge in [-0.2, -0.15) is 0 Å². The zero-order chi connectivity index (χ0) is 23.1. The molecule has 0 fully saturated rings. The van der Waals surface area contributed by atoms with Gasteiger partial charge in [0.2, 0.25) is 0 Å². The first-order valence-corrected chi connectivity index (χ1v) is 11.2. The van der Waals surface area contributed by atoms with Crippen LogP contribution in [-0.2, 0) is 6.54 Å². The number of methoxy groups -OCH3 is 1. The third-order valence-electron chi connectivity index (χ3n) is 5.79. The highest BCUT2D eigenvalue weighted by atomic mass is 35.5. The van der Waals surface area contributed by atoms with Gasteiger partial charge in [0.05, 0.1) is 19.3 Å². The molecule has 34 heavy (non-hydrogen) atoms. The summed E-state index contributed by atoms with van der Waals surface area (Å²) in [6, 6.07) is 26.1. The number of aromatic amines is 1. The summed E-state index contributed by atoms with van der Waals surface area (Å²) < 4.78 is 7.23. The molecule has 0 aliphatic heterocycles. The summed E-state index contributed by atoms with van der Waals surface area (Å²) in [6.45, 7) is 0.527. The van der Waals surface area contributed by atoms with Crippen molar-refractivity contribution >= 4 is 33.7 Å². The van der Waals surface area contributed by atoms with Gasteiger partial charge in [0, 0.05) is 16.5 Å². The van der Waals surface area contributed by atoms with Crippen LogP contribution >= 0.6 is 11.6 Å². The molecule has 0 atom stereocenters. The molecular formula is C26H19ClN6O. The molecule has 3 aromatic carbocycles. The molecule has 0 saturated carbocycles. The molecule has 0 unspecified atom stereocenters. The van der Waals surface area contributed by atoms with E-state index < -0.39 is 0 Å². The minimum absolute atomic E-state index is 0.259. The number of halogens is 1. The monoisotopic (exact) mass is 466 g/mol. The largest absolute Gasteiger partial charge is 0.497 e. The van der Waals surface area contributed by atoms with Gasteiger partial charge in [0.15, 0.2) is 22.1 Å². The van der Waals surface area contributed by atoms with E-state index in [1.165, 1.54) is 0 Å². The van der Waals surface area contributed by atoms with Crippen LogP contribution in [0.1, 0.15) is 5.56 Å². The quantitative estimate of drug-likeness (QED) is 0.327. The highest BCUT2D eigenvalue weighted by Crippen LogP contribution is 2.39. The molecule has 3 aromatic heterocycles. The normalized spacial score (nSPS) is 11.4. The predicted octanol–water partition coefficient (Wildman–Crippen LogP) is 5.75. The van der Waals surface area contributed by atoms with Gasteiger partial charge >= 0.3 is 0 Å². The molecule has 0 aliphatic rings. The van der Waals surface area contributed by atoms with E-state index in [0.29, 0.717) is 23.5 Å². The van der Waals surface area contributed by atoms with Gasteiger partial charge in [-0.25, -0.2) is 14.6 Å². The Bertz CT molecular complexity index is 1630. The molecule has 3 heterocycles. The zero-order valence-corrected chi connectivity index (χ0v) is 19.0. The third-order valence-corrected chi connectivity index (χ3v) is 6.05. The molecule has 8 heteroatoms. The van der Waals surface area contributed by atoms with E-state index in [4.69, 9.17) is 21.3 Å². The van der Waals surface area contributed by atoms with Crippen LogP contribution in [0.15, 0.2) is 78.9 Å². The Labute approximate surface area is 200 Å². The summed E-state index contributed by atoms with van der Waals surface area (Å²) in [5.41, 5.74) is 5.87. The number of H-pyrrole nitrogens is 1. The van der Waals surface area contributed by atoms with Crippen LogP contribution in [0.2, 0.25) is 5.15 Å². The minimum Gasteiger partial charge on any atom is -0.497 e. The lowest BCUT2D eigenvalue weighted by Crippen LogP contribution is -2.04. The van der Waals surface area contributed by atoms with Gasteiger partial charge in [0.1, 0.15) is 5.75 Å². The Kier molecular flexibility index (Phi) is 4.96. The van der Waals surface area contributed by atoms with Gasteiger partial charge in [-0.05, 0) is 29.3 Å². The van der Waals surface area contributed by atoms with Crippen LogP contribution in [0, 0.1) is 0 Å².